The quantitative estimate of drug-likeness (QED) is 0.554. The molecule has 0 radical (unpaired) electrons. The summed E-state index contributed by atoms with van der Waals surface area (Å²) in [5.41, 5.74) is 3.56. The minimum atomic E-state index is 0.253. The van der Waals surface area contributed by atoms with E-state index in [0.717, 1.165) is 86.7 Å². The van der Waals surface area contributed by atoms with Crippen LogP contribution in [0.1, 0.15) is 63.8 Å². The van der Waals surface area contributed by atoms with Crippen LogP contribution in [0.3, 0.4) is 0 Å². The molecule has 1 aliphatic heterocycles. The molecule has 33 heavy (non-hydrogen) atoms. The fraction of sp³-hybridized carbons (Fsp3) is 0.500. The van der Waals surface area contributed by atoms with Crippen molar-refractivity contribution >= 4 is 22.7 Å². The Bertz CT molecular complexity index is 1130. The van der Waals surface area contributed by atoms with Gasteiger partial charge < -0.3 is 4.90 Å². The first kappa shape index (κ1) is 21.7. The van der Waals surface area contributed by atoms with Gasteiger partial charge in [0.05, 0.1) is 35.2 Å². The van der Waals surface area contributed by atoms with Crippen molar-refractivity contribution in [2.75, 3.05) is 13.1 Å². The van der Waals surface area contributed by atoms with Gasteiger partial charge in [0.2, 0.25) is 5.91 Å². The Morgan fingerprint density at radius 2 is 1.88 bits per heavy atom. The standard InChI is InChI=1S/C26H31N5O2/c32-22-7-3-5-19(15-22)6-4-10-26(33)30-13-11-21(12-14-30)31-18-20(16-28-31)25-17-27-23-8-1-2-9-24(23)29-25/h1-2,8-9,16-19,21H,3-7,10-15H2. The first-order valence-electron chi connectivity index (χ1n) is 12.2. The molecule has 1 aromatic carbocycles. The van der Waals surface area contributed by atoms with E-state index in [4.69, 9.17) is 4.98 Å². The summed E-state index contributed by atoms with van der Waals surface area (Å²) in [6, 6.07) is 8.16. The van der Waals surface area contributed by atoms with Gasteiger partial charge in [-0.25, -0.2) is 4.98 Å². The van der Waals surface area contributed by atoms with Gasteiger partial charge in [0.25, 0.3) is 0 Å². The molecule has 172 valence electrons. The molecule has 1 saturated heterocycles. The maximum atomic E-state index is 12.7. The predicted molar refractivity (Wildman–Crippen MR) is 126 cm³/mol. The third-order valence-corrected chi connectivity index (χ3v) is 7.12. The van der Waals surface area contributed by atoms with Crippen LogP contribution in [-0.4, -0.2) is 49.4 Å². The molecular weight excluding hydrogens is 414 g/mol. The van der Waals surface area contributed by atoms with Gasteiger partial charge in [-0.1, -0.05) is 12.1 Å². The number of hydrogen-bond acceptors (Lipinski definition) is 5. The Hall–Kier alpha value is -3.09. The summed E-state index contributed by atoms with van der Waals surface area (Å²) in [6.07, 6.45) is 13.6. The molecule has 7 heteroatoms. The van der Waals surface area contributed by atoms with Crippen LogP contribution in [0.25, 0.3) is 22.3 Å². The number of likely N-dealkylation sites (tertiary alicyclic amines) is 1. The first-order chi connectivity index (χ1) is 16.2. The second-order valence-electron chi connectivity index (χ2n) is 9.46. The highest BCUT2D eigenvalue weighted by Crippen LogP contribution is 2.28. The van der Waals surface area contributed by atoms with Crippen LogP contribution in [0.4, 0.5) is 0 Å². The fourth-order valence-electron chi connectivity index (χ4n) is 5.21. The molecule has 1 amide bonds. The van der Waals surface area contributed by atoms with E-state index in [1.54, 1.807) is 6.20 Å². The van der Waals surface area contributed by atoms with Gasteiger partial charge in [0, 0.05) is 44.1 Å². The Kier molecular flexibility index (Phi) is 6.46. The summed E-state index contributed by atoms with van der Waals surface area (Å²) in [5, 5.41) is 4.59. The molecule has 0 N–H and O–H groups in total. The van der Waals surface area contributed by atoms with Gasteiger partial charge in [-0.15, -0.1) is 0 Å². The highest BCUT2D eigenvalue weighted by molar-refractivity contribution is 5.79. The predicted octanol–water partition coefficient (Wildman–Crippen LogP) is 4.59. The molecule has 3 heterocycles. The number of benzene rings is 1. The van der Waals surface area contributed by atoms with Gasteiger partial charge in [-0.3, -0.25) is 19.3 Å². The molecule has 2 aliphatic rings. The van der Waals surface area contributed by atoms with E-state index >= 15 is 0 Å². The number of carbonyl (C=O) groups is 2. The summed E-state index contributed by atoms with van der Waals surface area (Å²) in [5.74, 6) is 1.14. The number of fused-ring (bicyclic) bond motifs is 1. The molecular formula is C26H31N5O2. The van der Waals surface area contributed by atoms with Crippen molar-refractivity contribution < 1.29 is 9.59 Å². The number of piperidine rings is 1. The average molecular weight is 446 g/mol. The van der Waals surface area contributed by atoms with Crippen molar-refractivity contribution in [3.05, 3.63) is 42.9 Å². The van der Waals surface area contributed by atoms with Gasteiger partial charge in [-0.2, -0.15) is 5.10 Å². The number of Topliss-reactive ketones (excluding diaryl/α,β-unsaturated/α-hetero) is 1. The van der Waals surface area contributed by atoms with Crippen LogP contribution in [0.15, 0.2) is 42.9 Å². The Labute approximate surface area is 194 Å². The average Bonchev–Trinajstić information content (AvgIpc) is 3.34. The summed E-state index contributed by atoms with van der Waals surface area (Å²) in [6.45, 7) is 1.55. The van der Waals surface area contributed by atoms with E-state index in [1.807, 2.05) is 46.2 Å². The number of para-hydroxylation sites is 2. The van der Waals surface area contributed by atoms with Crippen molar-refractivity contribution in [2.45, 2.75) is 63.8 Å². The summed E-state index contributed by atoms with van der Waals surface area (Å²) < 4.78 is 2.02. The van der Waals surface area contributed by atoms with E-state index in [0.29, 0.717) is 24.2 Å². The second kappa shape index (κ2) is 9.81. The maximum absolute atomic E-state index is 12.7. The zero-order valence-electron chi connectivity index (χ0n) is 19.0. The van der Waals surface area contributed by atoms with Crippen LogP contribution >= 0.6 is 0 Å². The van der Waals surface area contributed by atoms with Crippen molar-refractivity contribution in [2.24, 2.45) is 5.92 Å². The maximum Gasteiger partial charge on any atom is 0.222 e. The highest BCUT2D eigenvalue weighted by atomic mass is 16.2. The molecule has 5 rings (SSSR count). The van der Waals surface area contributed by atoms with Crippen molar-refractivity contribution in [1.29, 1.82) is 0 Å². The van der Waals surface area contributed by atoms with E-state index < -0.39 is 0 Å². The number of carbonyl (C=O) groups excluding carboxylic acids is 2. The van der Waals surface area contributed by atoms with Crippen LogP contribution in [0.5, 0.6) is 0 Å². The molecule has 7 nitrogen and oxygen atoms in total. The summed E-state index contributed by atoms with van der Waals surface area (Å²) in [4.78, 5) is 35.5. The number of hydrogen-bond donors (Lipinski definition) is 0. The lowest BCUT2D eigenvalue weighted by molar-refractivity contribution is -0.132. The summed E-state index contributed by atoms with van der Waals surface area (Å²) in [7, 11) is 0. The van der Waals surface area contributed by atoms with Crippen molar-refractivity contribution in [3.8, 4) is 11.3 Å². The van der Waals surface area contributed by atoms with Crippen molar-refractivity contribution in [3.63, 3.8) is 0 Å². The Morgan fingerprint density at radius 3 is 2.70 bits per heavy atom. The van der Waals surface area contributed by atoms with Gasteiger partial charge in [-0.05, 0) is 56.6 Å². The Balaban J connectivity index is 1.11. The van der Waals surface area contributed by atoms with E-state index in [2.05, 4.69) is 10.1 Å². The molecule has 1 atom stereocenters. The highest BCUT2D eigenvalue weighted by Gasteiger charge is 2.25. The lowest BCUT2D eigenvalue weighted by Crippen LogP contribution is -2.39. The molecule has 1 saturated carbocycles. The minimum Gasteiger partial charge on any atom is -0.343 e. The lowest BCUT2D eigenvalue weighted by atomic mass is 9.85. The van der Waals surface area contributed by atoms with Gasteiger partial charge in [0.1, 0.15) is 5.78 Å². The number of amides is 1. The monoisotopic (exact) mass is 445 g/mol. The first-order valence-corrected chi connectivity index (χ1v) is 12.2. The number of nitrogens with zero attached hydrogens (tertiary/aromatic N) is 5. The minimum absolute atomic E-state index is 0.253. The van der Waals surface area contributed by atoms with E-state index in [-0.39, 0.29) is 5.91 Å². The third-order valence-electron chi connectivity index (χ3n) is 7.12. The van der Waals surface area contributed by atoms with Gasteiger partial charge in [0.15, 0.2) is 0 Å². The Morgan fingerprint density at radius 1 is 1.06 bits per heavy atom. The SMILES string of the molecule is O=C1CCCC(CCCC(=O)N2CCC(n3cc(-c4cnc5ccccc5n4)cn3)CC2)C1. The number of rotatable bonds is 6. The van der Waals surface area contributed by atoms with Crippen LogP contribution in [0.2, 0.25) is 0 Å². The molecule has 2 aromatic heterocycles. The largest absolute Gasteiger partial charge is 0.343 e. The van der Waals surface area contributed by atoms with Crippen molar-refractivity contribution in [1.82, 2.24) is 24.6 Å². The number of aromatic nitrogens is 4. The zero-order chi connectivity index (χ0) is 22.6. The molecule has 0 spiro atoms. The normalized spacial score (nSPS) is 19.8. The van der Waals surface area contributed by atoms with Crippen LogP contribution in [-0.2, 0) is 9.59 Å². The smallest absolute Gasteiger partial charge is 0.222 e. The second-order valence-corrected chi connectivity index (χ2v) is 9.46. The topological polar surface area (TPSA) is 81.0 Å². The zero-order valence-corrected chi connectivity index (χ0v) is 19.0. The van der Waals surface area contributed by atoms with Gasteiger partial charge >= 0.3 is 0 Å². The molecule has 2 fully saturated rings. The van der Waals surface area contributed by atoms with E-state index in [9.17, 15) is 9.59 Å². The molecule has 3 aromatic rings. The summed E-state index contributed by atoms with van der Waals surface area (Å²) >= 11 is 0. The van der Waals surface area contributed by atoms with E-state index in [1.165, 1.54) is 0 Å². The number of ketones is 1. The molecule has 1 unspecified atom stereocenters. The lowest BCUT2D eigenvalue weighted by Gasteiger charge is -2.32. The fourth-order valence-corrected chi connectivity index (χ4v) is 5.21. The van der Waals surface area contributed by atoms with Crippen LogP contribution in [0, 0.1) is 5.92 Å². The molecule has 0 bridgehead atoms. The van der Waals surface area contributed by atoms with Crippen LogP contribution < -0.4 is 0 Å². The third kappa shape index (κ3) is 5.13. The molecule has 1 aliphatic carbocycles.